The highest BCUT2D eigenvalue weighted by atomic mass is 79.9. The van der Waals surface area contributed by atoms with Crippen LogP contribution in [-0.2, 0) is 11.3 Å². The molecular weight excluding hydrogens is 363 g/mol. The molecule has 0 saturated carbocycles. The summed E-state index contributed by atoms with van der Waals surface area (Å²) in [7, 11) is 1.71. The number of halogens is 2. The molecule has 1 fully saturated rings. The zero-order chi connectivity index (χ0) is 16.8. The molecule has 5 nitrogen and oxygen atoms in total. The van der Waals surface area contributed by atoms with Crippen LogP contribution in [0.2, 0.25) is 0 Å². The molecule has 1 heterocycles. The lowest BCUT2D eigenvalue weighted by Gasteiger charge is -2.34. The topological polar surface area (TPSA) is 70.7 Å². The van der Waals surface area contributed by atoms with Gasteiger partial charge in [0.15, 0.2) is 5.96 Å². The molecule has 0 radical (unpaired) electrons. The number of amides is 1. The lowest BCUT2D eigenvalue weighted by Crippen LogP contribution is -2.47. The van der Waals surface area contributed by atoms with E-state index in [1.54, 1.807) is 13.1 Å². The van der Waals surface area contributed by atoms with E-state index in [-0.39, 0.29) is 17.6 Å². The van der Waals surface area contributed by atoms with Gasteiger partial charge in [-0.15, -0.1) is 0 Å². The molecule has 3 N–H and O–H groups in total. The third-order valence-electron chi connectivity index (χ3n) is 3.97. The van der Waals surface area contributed by atoms with Crippen molar-refractivity contribution in [1.29, 1.82) is 0 Å². The molecule has 0 aromatic heterocycles. The van der Waals surface area contributed by atoms with Crippen LogP contribution in [0.15, 0.2) is 27.7 Å². The second-order valence-electron chi connectivity index (χ2n) is 5.76. The molecule has 1 atom stereocenters. The number of rotatable bonds is 4. The quantitative estimate of drug-likeness (QED) is 0.617. The van der Waals surface area contributed by atoms with Gasteiger partial charge in [-0.3, -0.25) is 9.79 Å². The van der Waals surface area contributed by atoms with E-state index >= 15 is 0 Å². The number of nitrogens with one attached hydrogen (secondary N) is 1. The molecule has 1 aliphatic rings. The fourth-order valence-corrected chi connectivity index (χ4v) is 3.21. The van der Waals surface area contributed by atoms with Crippen LogP contribution in [0.25, 0.3) is 0 Å². The molecule has 0 spiro atoms. The Morgan fingerprint density at radius 3 is 3.00 bits per heavy atom. The fraction of sp³-hybridized carbons (Fsp3) is 0.500. The molecule has 1 saturated heterocycles. The summed E-state index contributed by atoms with van der Waals surface area (Å²) in [6, 6.07) is 5.00. The van der Waals surface area contributed by atoms with Crippen LogP contribution in [0.4, 0.5) is 4.39 Å². The van der Waals surface area contributed by atoms with Gasteiger partial charge in [0.25, 0.3) is 0 Å². The molecule has 0 bridgehead atoms. The van der Waals surface area contributed by atoms with Crippen molar-refractivity contribution in [3.8, 4) is 0 Å². The molecule has 7 heteroatoms. The number of nitrogens with zero attached hydrogens (tertiary/aromatic N) is 2. The van der Waals surface area contributed by atoms with E-state index in [1.807, 2.05) is 6.07 Å². The zero-order valence-corrected chi connectivity index (χ0v) is 14.8. The molecule has 1 amide bonds. The van der Waals surface area contributed by atoms with E-state index in [0.717, 1.165) is 31.9 Å². The summed E-state index contributed by atoms with van der Waals surface area (Å²) in [5.74, 6) is 0.454. The maximum atomic E-state index is 13.9. The summed E-state index contributed by atoms with van der Waals surface area (Å²) in [4.78, 5) is 17.5. The Morgan fingerprint density at radius 2 is 2.35 bits per heavy atom. The van der Waals surface area contributed by atoms with E-state index in [2.05, 4.69) is 31.1 Å². The van der Waals surface area contributed by atoms with Crippen molar-refractivity contribution in [3.05, 3.63) is 34.1 Å². The first-order valence-electron chi connectivity index (χ1n) is 7.67. The molecule has 126 valence electrons. The van der Waals surface area contributed by atoms with Crippen LogP contribution in [-0.4, -0.2) is 36.9 Å². The first-order chi connectivity index (χ1) is 11.0. The Hall–Kier alpha value is -1.63. The van der Waals surface area contributed by atoms with Crippen molar-refractivity contribution in [2.24, 2.45) is 16.6 Å². The van der Waals surface area contributed by atoms with Gasteiger partial charge >= 0.3 is 0 Å². The van der Waals surface area contributed by atoms with Crippen LogP contribution in [0.3, 0.4) is 0 Å². The SMILES string of the molecule is CN=C(NCc1ccc(Br)cc1F)N1CCCC(CC(N)=O)C1. The number of likely N-dealkylation sites (tertiary alicyclic amines) is 1. The number of benzene rings is 1. The molecule has 0 aliphatic carbocycles. The third kappa shape index (κ3) is 5.20. The number of nitrogens with two attached hydrogens (primary N) is 1. The van der Waals surface area contributed by atoms with E-state index in [0.29, 0.717) is 23.0 Å². The van der Waals surface area contributed by atoms with E-state index in [4.69, 9.17) is 5.73 Å². The zero-order valence-electron chi connectivity index (χ0n) is 13.2. The number of carbonyl (C=O) groups excluding carboxylic acids is 1. The van der Waals surface area contributed by atoms with Gasteiger partial charge in [-0.1, -0.05) is 22.0 Å². The van der Waals surface area contributed by atoms with Crippen LogP contribution < -0.4 is 11.1 Å². The maximum absolute atomic E-state index is 13.9. The molecule has 1 unspecified atom stereocenters. The lowest BCUT2D eigenvalue weighted by atomic mass is 9.95. The average Bonchev–Trinajstić information content (AvgIpc) is 2.49. The minimum atomic E-state index is -0.267. The van der Waals surface area contributed by atoms with Crippen molar-refractivity contribution in [2.45, 2.75) is 25.8 Å². The van der Waals surface area contributed by atoms with Gasteiger partial charge in [0.1, 0.15) is 5.82 Å². The Morgan fingerprint density at radius 1 is 1.57 bits per heavy atom. The Kier molecular flexibility index (Phi) is 6.38. The first-order valence-corrected chi connectivity index (χ1v) is 8.46. The van der Waals surface area contributed by atoms with Crippen molar-refractivity contribution < 1.29 is 9.18 Å². The number of hydrogen-bond donors (Lipinski definition) is 2. The van der Waals surface area contributed by atoms with Gasteiger partial charge in [-0.05, 0) is 30.9 Å². The summed E-state index contributed by atoms with van der Waals surface area (Å²) in [5.41, 5.74) is 5.88. The summed E-state index contributed by atoms with van der Waals surface area (Å²) < 4.78 is 14.6. The Bertz CT molecular complexity index is 593. The van der Waals surface area contributed by atoms with Crippen molar-refractivity contribution in [1.82, 2.24) is 10.2 Å². The van der Waals surface area contributed by atoms with Crippen LogP contribution in [0.1, 0.15) is 24.8 Å². The highest BCUT2D eigenvalue weighted by molar-refractivity contribution is 9.10. The van der Waals surface area contributed by atoms with Gasteiger partial charge in [-0.2, -0.15) is 0 Å². The monoisotopic (exact) mass is 384 g/mol. The van der Waals surface area contributed by atoms with Crippen molar-refractivity contribution in [3.63, 3.8) is 0 Å². The van der Waals surface area contributed by atoms with Gasteiger partial charge in [0.2, 0.25) is 5.91 Å². The largest absolute Gasteiger partial charge is 0.370 e. The molecular formula is C16H22BrFN4O. The number of guanidine groups is 1. The normalized spacial score (nSPS) is 18.8. The minimum absolute atomic E-state index is 0.254. The van der Waals surface area contributed by atoms with Crippen molar-refractivity contribution in [2.75, 3.05) is 20.1 Å². The number of aliphatic imine (C=N–C) groups is 1. The Balaban J connectivity index is 1.95. The van der Waals surface area contributed by atoms with E-state index in [1.165, 1.54) is 6.07 Å². The van der Waals surface area contributed by atoms with Crippen LogP contribution >= 0.6 is 15.9 Å². The number of hydrogen-bond acceptors (Lipinski definition) is 2. The first kappa shape index (κ1) is 17.7. The van der Waals surface area contributed by atoms with E-state index in [9.17, 15) is 9.18 Å². The molecule has 1 aliphatic heterocycles. The van der Waals surface area contributed by atoms with Crippen molar-refractivity contribution >= 4 is 27.8 Å². The number of carbonyl (C=O) groups is 1. The smallest absolute Gasteiger partial charge is 0.217 e. The second kappa shape index (κ2) is 8.29. The van der Waals surface area contributed by atoms with Gasteiger partial charge in [-0.25, -0.2) is 4.39 Å². The molecule has 23 heavy (non-hydrogen) atoms. The summed E-state index contributed by atoms with van der Waals surface area (Å²) in [5, 5.41) is 3.19. The minimum Gasteiger partial charge on any atom is -0.370 e. The number of piperidine rings is 1. The van der Waals surface area contributed by atoms with Gasteiger partial charge in [0, 0.05) is 43.1 Å². The predicted molar refractivity (Wildman–Crippen MR) is 92.4 cm³/mol. The third-order valence-corrected chi connectivity index (χ3v) is 4.47. The molecule has 1 aromatic rings. The summed E-state index contributed by atoms with van der Waals surface area (Å²) in [6.07, 6.45) is 2.39. The summed E-state index contributed by atoms with van der Waals surface area (Å²) >= 11 is 3.25. The fourth-order valence-electron chi connectivity index (χ4n) is 2.88. The molecule has 2 rings (SSSR count). The van der Waals surface area contributed by atoms with Crippen LogP contribution in [0, 0.1) is 11.7 Å². The molecule has 1 aromatic carbocycles. The lowest BCUT2D eigenvalue weighted by molar-refractivity contribution is -0.119. The second-order valence-corrected chi connectivity index (χ2v) is 6.68. The average molecular weight is 385 g/mol. The van der Waals surface area contributed by atoms with Crippen LogP contribution in [0.5, 0.6) is 0 Å². The van der Waals surface area contributed by atoms with Gasteiger partial charge < -0.3 is 16.0 Å². The summed E-state index contributed by atoms with van der Waals surface area (Å²) in [6.45, 7) is 1.98. The standard InChI is InChI=1S/C16H22BrFN4O/c1-20-16(21-9-12-4-5-13(17)8-14(12)18)22-6-2-3-11(10-22)7-15(19)23/h4-5,8,11H,2-3,6-7,9-10H2,1H3,(H2,19,23)(H,20,21). The maximum Gasteiger partial charge on any atom is 0.217 e. The number of primary amides is 1. The van der Waals surface area contributed by atoms with Gasteiger partial charge in [0.05, 0.1) is 0 Å². The Labute approximate surface area is 144 Å². The van der Waals surface area contributed by atoms with E-state index < -0.39 is 0 Å². The highest BCUT2D eigenvalue weighted by Crippen LogP contribution is 2.20. The highest BCUT2D eigenvalue weighted by Gasteiger charge is 2.23. The predicted octanol–water partition coefficient (Wildman–Crippen LogP) is 2.25.